The van der Waals surface area contributed by atoms with Gasteiger partial charge >= 0.3 is 0 Å². The molecule has 0 bridgehead atoms. The molecule has 0 amide bonds. The molecular formula is C22H23F4N5S. The van der Waals surface area contributed by atoms with Gasteiger partial charge in [-0.15, -0.1) is 0 Å². The topological polar surface area (TPSA) is 43.2 Å². The number of alkyl halides is 2. The van der Waals surface area contributed by atoms with E-state index in [9.17, 15) is 13.2 Å². The predicted octanol–water partition coefficient (Wildman–Crippen LogP) is 4.22. The first-order valence-electron chi connectivity index (χ1n) is 10.2. The number of hydrogen-bond acceptors (Lipinski definition) is 5. The van der Waals surface area contributed by atoms with E-state index < -0.39 is 23.1 Å². The van der Waals surface area contributed by atoms with Crippen LogP contribution in [-0.2, 0) is 6.54 Å². The number of nitrogens with zero attached hydrogens (tertiary/aromatic N) is 4. The summed E-state index contributed by atoms with van der Waals surface area (Å²) >= 11 is 0. The summed E-state index contributed by atoms with van der Waals surface area (Å²) in [4.78, 5) is 0. The van der Waals surface area contributed by atoms with Gasteiger partial charge in [-0.2, -0.15) is 10.2 Å². The van der Waals surface area contributed by atoms with Crippen molar-refractivity contribution in [2.45, 2.75) is 19.4 Å². The molecular weight excluding hydrogens is 442 g/mol. The van der Waals surface area contributed by atoms with Gasteiger partial charge in [-0.25, -0.2) is 21.9 Å². The third-order valence-electron chi connectivity index (χ3n) is 5.32. The number of hydrogen-bond donors (Lipinski definition) is 1. The highest BCUT2D eigenvalue weighted by Gasteiger charge is 2.24. The van der Waals surface area contributed by atoms with Gasteiger partial charge in [-0.1, -0.05) is 18.2 Å². The number of piperazine rings is 1. The first-order chi connectivity index (χ1) is 15.4. The summed E-state index contributed by atoms with van der Waals surface area (Å²) in [6.45, 7) is 3.39. The molecule has 0 aromatic heterocycles. The summed E-state index contributed by atoms with van der Waals surface area (Å²) < 4.78 is 58.7. The second-order valence-corrected chi connectivity index (χ2v) is 9.09. The minimum atomic E-state index is -2.68. The molecule has 1 N–H and O–H groups in total. The van der Waals surface area contributed by atoms with E-state index >= 15 is 4.39 Å². The fourth-order valence-corrected chi connectivity index (χ4v) is 5.10. The summed E-state index contributed by atoms with van der Waals surface area (Å²) in [6.07, 6.45) is -2.78. The number of benzene rings is 2. The highest BCUT2D eigenvalue weighted by molar-refractivity contribution is 8.13. The van der Waals surface area contributed by atoms with Crippen molar-refractivity contribution in [2.24, 2.45) is 10.2 Å². The molecule has 0 radical (unpaired) electrons. The third-order valence-corrected chi connectivity index (χ3v) is 7.13. The van der Waals surface area contributed by atoms with Crippen LogP contribution in [0.15, 0.2) is 52.7 Å². The molecule has 5 nitrogen and oxygen atoms in total. The Labute approximate surface area is 186 Å². The van der Waals surface area contributed by atoms with E-state index in [0.29, 0.717) is 22.5 Å². The number of anilines is 1. The molecule has 32 heavy (non-hydrogen) atoms. The summed E-state index contributed by atoms with van der Waals surface area (Å²) in [7, 11) is -0.662. The monoisotopic (exact) mass is 465 g/mol. The Morgan fingerprint density at radius 3 is 2.53 bits per heavy atom. The highest BCUT2D eigenvalue weighted by atomic mass is 32.2. The molecule has 170 valence electrons. The summed E-state index contributed by atoms with van der Waals surface area (Å²) in [6, 6.07) is 10.7. The molecule has 2 aliphatic heterocycles. The van der Waals surface area contributed by atoms with E-state index in [0.717, 1.165) is 26.2 Å². The van der Waals surface area contributed by atoms with Crippen LogP contribution in [0.4, 0.5) is 23.2 Å². The molecule has 4 rings (SSSR count). The zero-order valence-electron chi connectivity index (χ0n) is 17.3. The maximum atomic E-state index is 15.0. The fraction of sp³-hybridized carbons (Fsp3) is 0.318. The average Bonchev–Trinajstić information content (AvgIpc) is 3.29. The molecule has 1 atom stereocenters. The lowest BCUT2D eigenvalue weighted by atomic mass is 10.0. The van der Waals surface area contributed by atoms with Gasteiger partial charge in [0.1, 0.15) is 17.3 Å². The van der Waals surface area contributed by atoms with E-state index in [1.54, 1.807) is 24.3 Å². The Morgan fingerprint density at radius 2 is 1.88 bits per heavy atom. The molecule has 2 heterocycles. The third kappa shape index (κ3) is 5.08. The van der Waals surface area contributed by atoms with Gasteiger partial charge in [0.05, 0.1) is 17.9 Å². The lowest BCUT2D eigenvalue weighted by Gasteiger charge is -2.37. The van der Waals surface area contributed by atoms with Crippen LogP contribution in [0.1, 0.15) is 17.5 Å². The molecule has 2 aromatic rings. The van der Waals surface area contributed by atoms with Crippen LogP contribution >= 0.6 is 10.9 Å². The molecule has 10 heteroatoms. The fourth-order valence-electron chi connectivity index (χ4n) is 3.57. The number of rotatable bonds is 7. The van der Waals surface area contributed by atoms with Gasteiger partial charge in [0, 0.05) is 43.7 Å². The van der Waals surface area contributed by atoms with E-state index in [-0.39, 0.29) is 24.5 Å². The van der Waals surface area contributed by atoms with E-state index in [4.69, 9.17) is 0 Å². The van der Waals surface area contributed by atoms with Crippen LogP contribution in [0.5, 0.6) is 0 Å². The maximum Gasteiger partial charge on any atom is 0.278 e. The average molecular weight is 466 g/mol. The summed E-state index contributed by atoms with van der Waals surface area (Å²) in [5.41, 5.74) is 1.41. The lowest BCUT2D eigenvalue weighted by Crippen LogP contribution is -2.43. The van der Waals surface area contributed by atoms with Gasteiger partial charge in [0.25, 0.3) is 6.43 Å². The molecule has 1 unspecified atom stereocenters. The largest absolute Gasteiger partial charge is 0.314 e. The maximum absolute atomic E-state index is 15.0. The van der Waals surface area contributed by atoms with Crippen molar-refractivity contribution < 1.29 is 17.6 Å². The first-order valence-corrected chi connectivity index (χ1v) is 11.5. The van der Waals surface area contributed by atoms with Crippen molar-refractivity contribution in [2.75, 3.05) is 30.5 Å². The Hall–Kier alpha value is -2.56. The molecule has 1 fully saturated rings. The van der Waals surface area contributed by atoms with Gasteiger partial charge in [-0.3, -0.25) is 0 Å². The Balaban J connectivity index is 1.57. The normalized spacial score (nSPS) is 17.9. The van der Waals surface area contributed by atoms with Crippen LogP contribution in [0.2, 0.25) is 0 Å². The molecule has 1 saturated heterocycles. The predicted molar refractivity (Wildman–Crippen MR) is 123 cm³/mol. The van der Waals surface area contributed by atoms with E-state index in [1.165, 1.54) is 18.2 Å². The minimum Gasteiger partial charge on any atom is -0.314 e. The number of halogens is 4. The minimum absolute atomic E-state index is 0.1000. The first kappa shape index (κ1) is 22.6. The zero-order chi connectivity index (χ0) is 22.7. The molecule has 0 spiro atoms. The number of nitrogens with one attached hydrogen (secondary N) is 1. The van der Waals surface area contributed by atoms with Crippen LogP contribution in [0.25, 0.3) is 0 Å². The standard InChI is InChI=1S/C22H23F4N5S/c1-32(30-9-7-27-8-10-30)31(18-4-2-3-17(23)12-18)14-16-6-5-15(11-19(16)24)20-13-21(22(25)26)29-28-20/h2-6,11-12,22,27H,1,7-10,13-14H2. The van der Waals surface area contributed by atoms with Gasteiger partial charge in [0.15, 0.2) is 0 Å². The van der Waals surface area contributed by atoms with Gasteiger partial charge in [0.2, 0.25) is 0 Å². The summed E-state index contributed by atoms with van der Waals surface area (Å²) in [5, 5.41) is 10.5. The van der Waals surface area contributed by atoms with Crippen LogP contribution in [-0.4, -0.2) is 54.2 Å². The lowest BCUT2D eigenvalue weighted by molar-refractivity contribution is 0.224. The van der Waals surface area contributed by atoms with E-state index in [1.807, 2.05) is 4.31 Å². The molecule has 2 aromatic carbocycles. The van der Waals surface area contributed by atoms with Crippen LogP contribution in [0.3, 0.4) is 0 Å². The van der Waals surface area contributed by atoms with Crippen LogP contribution < -0.4 is 9.62 Å². The van der Waals surface area contributed by atoms with Crippen molar-refractivity contribution in [1.29, 1.82) is 0 Å². The van der Waals surface area contributed by atoms with E-state index in [2.05, 4.69) is 25.7 Å². The van der Waals surface area contributed by atoms with Crippen molar-refractivity contribution in [1.82, 2.24) is 9.62 Å². The second kappa shape index (κ2) is 9.93. The van der Waals surface area contributed by atoms with Crippen molar-refractivity contribution >= 4 is 33.8 Å². The Morgan fingerprint density at radius 1 is 1.09 bits per heavy atom. The molecule has 0 saturated carbocycles. The highest BCUT2D eigenvalue weighted by Crippen LogP contribution is 2.33. The van der Waals surface area contributed by atoms with Crippen LogP contribution in [0, 0.1) is 11.6 Å². The van der Waals surface area contributed by atoms with Crippen molar-refractivity contribution in [3.63, 3.8) is 0 Å². The molecule has 2 aliphatic rings. The van der Waals surface area contributed by atoms with Gasteiger partial charge < -0.3 is 9.62 Å². The SMILES string of the molecule is C=S(N1CCNCC1)N(Cc1ccc(C2=NN=C(C(F)F)C2)cc1F)c1cccc(F)c1. The second-order valence-electron chi connectivity index (χ2n) is 7.46. The smallest absolute Gasteiger partial charge is 0.278 e. The quantitative estimate of drug-likeness (QED) is 0.492. The Bertz CT molecular complexity index is 1070. The van der Waals surface area contributed by atoms with Crippen molar-refractivity contribution in [3.8, 4) is 0 Å². The molecule has 0 aliphatic carbocycles. The van der Waals surface area contributed by atoms with Gasteiger partial charge in [-0.05, 0) is 41.0 Å². The Kier molecular flexibility index (Phi) is 7.02. The van der Waals surface area contributed by atoms with Crippen molar-refractivity contribution in [3.05, 3.63) is 65.2 Å². The summed E-state index contributed by atoms with van der Waals surface area (Å²) in [5.74, 6) is 3.43. The zero-order valence-corrected chi connectivity index (χ0v) is 18.1.